The molecule has 2 N–H and O–H groups in total. The van der Waals surface area contributed by atoms with E-state index in [1.165, 1.54) is 6.42 Å². The third-order valence-electron chi connectivity index (χ3n) is 4.66. The average molecular weight is 268 g/mol. The van der Waals surface area contributed by atoms with Crippen LogP contribution in [-0.4, -0.2) is 38.3 Å². The summed E-state index contributed by atoms with van der Waals surface area (Å²) in [5, 5.41) is 6.50. The maximum atomic E-state index is 12.0. The molecule has 0 spiro atoms. The second-order valence-electron chi connectivity index (χ2n) is 6.65. The van der Waals surface area contributed by atoms with Crippen LogP contribution in [0.25, 0.3) is 0 Å². The Kier molecular flexibility index (Phi) is 5.22. The van der Waals surface area contributed by atoms with Gasteiger partial charge in [-0.05, 0) is 43.6 Å². The molecule has 2 heterocycles. The largest absolute Gasteiger partial charge is 0.381 e. The van der Waals surface area contributed by atoms with Crippen LogP contribution in [0.1, 0.15) is 46.0 Å². The Morgan fingerprint density at radius 2 is 2.05 bits per heavy atom. The summed E-state index contributed by atoms with van der Waals surface area (Å²) in [6.45, 7) is 8.10. The zero-order chi connectivity index (χ0) is 13.7. The van der Waals surface area contributed by atoms with Gasteiger partial charge in [-0.2, -0.15) is 0 Å². The summed E-state index contributed by atoms with van der Waals surface area (Å²) in [7, 11) is 0. The van der Waals surface area contributed by atoms with Gasteiger partial charge in [-0.3, -0.25) is 4.79 Å². The molecule has 0 aromatic carbocycles. The Bertz CT molecular complexity index is 293. The van der Waals surface area contributed by atoms with E-state index >= 15 is 0 Å². The Hall–Kier alpha value is -0.610. The van der Waals surface area contributed by atoms with Crippen molar-refractivity contribution in [3.8, 4) is 0 Å². The van der Waals surface area contributed by atoms with Crippen molar-refractivity contribution in [3.05, 3.63) is 0 Å². The summed E-state index contributed by atoms with van der Waals surface area (Å²) in [6, 6.07) is 0.395. The fraction of sp³-hybridized carbons (Fsp3) is 0.933. The second kappa shape index (κ2) is 6.71. The van der Waals surface area contributed by atoms with Gasteiger partial charge < -0.3 is 15.4 Å². The Morgan fingerprint density at radius 1 is 1.32 bits per heavy atom. The normalized spacial score (nSPS) is 25.5. The molecule has 110 valence electrons. The molecule has 0 aromatic rings. The topological polar surface area (TPSA) is 50.4 Å². The summed E-state index contributed by atoms with van der Waals surface area (Å²) in [6.07, 6.45) is 5.20. The lowest BCUT2D eigenvalue weighted by Gasteiger charge is -2.37. The number of carbonyl (C=O) groups excluding carboxylic acids is 1. The summed E-state index contributed by atoms with van der Waals surface area (Å²) in [5.74, 6) is 0.852. The quantitative estimate of drug-likeness (QED) is 0.798. The maximum absolute atomic E-state index is 12.0. The highest BCUT2D eigenvalue weighted by Gasteiger charge is 2.31. The third kappa shape index (κ3) is 4.46. The number of rotatable bonds is 5. The zero-order valence-electron chi connectivity index (χ0n) is 12.3. The molecule has 4 heteroatoms. The molecule has 4 nitrogen and oxygen atoms in total. The zero-order valence-corrected chi connectivity index (χ0v) is 12.3. The molecule has 2 saturated heterocycles. The standard InChI is InChI=1S/C15H28N2O2/c1-15(2,12-5-8-19-9-6-12)11-17-14(18)10-13-4-3-7-16-13/h12-13,16H,3-11H2,1-2H3,(H,17,18). The summed E-state index contributed by atoms with van der Waals surface area (Å²) in [5.41, 5.74) is 0.169. The minimum absolute atomic E-state index is 0.169. The molecule has 0 bridgehead atoms. The monoisotopic (exact) mass is 268 g/mol. The van der Waals surface area contributed by atoms with Gasteiger partial charge in [0.15, 0.2) is 0 Å². The average Bonchev–Trinajstić information content (AvgIpc) is 2.90. The van der Waals surface area contributed by atoms with Crippen LogP contribution in [0.4, 0.5) is 0 Å². The van der Waals surface area contributed by atoms with Crippen LogP contribution >= 0.6 is 0 Å². The van der Waals surface area contributed by atoms with Crippen molar-refractivity contribution in [1.82, 2.24) is 10.6 Å². The fourth-order valence-corrected chi connectivity index (χ4v) is 3.18. The number of amides is 1. The van der Waals surface area contributed by atoms with E-state index in [-0.39, 0.29) is 11.3 Å². The van der Waals surface area contributed by atoms with Gasteiger partial charge >= 0.3 is 0 Å². The van der Waals surface area contributed by atoms with Gasteiger partial charge in [0, 0.05) is 32.2 Å². The van der Waals surface area contributed by atoms with Crippen molar-refractivity contribution in [3.63, 3.8) is 0 Å². The summed E-state index contributed by atoms with van der Waals surface area (Å²) in [4.78, 5) is 12.0. The number of ether oxygens (including phenoxy) is 1. The van der Waals surface area contributed by atoms with Crippen LogP contribution in [0.15, 0.2) is 0 Å². The van der Waals surface area contributed by atoms with Crippen molar-refractivity contribution >= 4 is 5.91 Å². The van der Waals surface area contributed by atoms with E-state index in [0.29, 0.717) is 18.4 Å². The third-order valence-corrected chi connectivity index (χ3v) is 4.66. The van der Waals surface area contributed by atoms with Gasteiger partial charge in [-0.15, -0.1) is 0 Å². The van der Waals surface area contributed by atoms with Gasteiger partial charge in [-0.25, -0.2) is 0 Å². The van der Waals surface area contributed by atoms with Crippen molar-refractivity contribution in [2.45, 2.75) is 52.0 Å². The van der Waals surface area contributed by atoms with E-state index < -0.39 is 0 Å². The van der Waals surface area contributed by atoms with Crippen molar-refractivity contribution in [2.75, 3.05) is 26.3 Å². The fourth-order valence-electron chi connectivity index (χ4n) is 3.18. The van der Waals surface area contributed by atoms with Gasteiger partial charge in [0.1, 0.15) is 0 Å². The predicted molar refractivity (Wildman–Crippen MR) is 76.0 cm³/mol. The van der Waals surface area contributed by atoms with E-state index in [1.54, 1.807) is 0 Å². The van der Waals surface area contributed by atoms with Gasteiger partial charge in [0.05, 0.1) is 0 Å². The molecule has 0 aliphatic carbocycles. The van der Waals surface area contributed by atoms with Crippen LogP contribution in [0, 0.1) is 11.3 Å². The molecule has 1 unspecified atom stereocenters. The van der Waals surface area contributed by atoms with Crippen molar-refractivity contribution < 1.29 is 9.53 Å². The molecule has 1 atom stereocenters. The number of carbonyl (C=O) groups is 1. The molecule has 2 rings (SSSR count). The molecule has 2 fully saturated rings. The minimum atomic E-state index is 0.169. The highest BCUT2D eigenvalue weighted by molar-refractivity contribution is 5.76. The lowest BCUT2D eigenvalue weighted by Crippen LogP contribution is -2.42. The van der Waals surface area contributed by atoms with E-state index in [4.69, 9.17) is 4.74 Å². The van der Waals surface area contributed by atoms with Crippen molar-refractivity contribution in [1.29, 1.82) is 0 Å². The van der Waals surface area contributed by atoms with Crippen LogP contribution in [0.3, 0.4) is 0 Å². The molecule has 0 saturated carbocycles. The molecular weight excluding hydrogens is 240 g/mol. The Labute approximate surface area is 116 Å². The first-order valence-electron chi connectivity index (χ1n) is 7.66. The Morgan fingerprint density at radius 3 is 2.68 bits per heavy atom. The van der Waals surface area contributed by atoms with E-state index in [0.717, 1.165) is 45.6 Å². The Balaban J connectivity index is 1.71. The summed E-state index contributed by atoms with van der Waals surface area (Å²) >= 11 is 0. The highest BCUT2D eigenvalue weighted by Crippen LogP contribution is 2.33. The molecule has 2 aliphatic rings. The van der Waals surface area contributed by atoms with Crippen molar-refractivity contribution in [2.24, 2.45) is 11.3 Å². The molecule has 1 amide bonds. The number of hydrogen-bond acceptors (Lipinski definition) is 3. The van der Waals surface area contributed by atoms with Gasteiger partial charge in [0.25, 0.3) is 0 Å². The lowest BCUT2D eigenvalue weighted by molar-refractivity contribution is -0.122. The molecule has 0 radical (unpaired) electrons. The SMILES string of the molecule is CC(C)(CNC(=O)CC1CCCN1)C1CCOCC1. The van der Waals surface area contributed by atoms with Crippen LogP contribution in [0.5, 0.6) is 0 Å². The predicted octanol–water partition coefficient (Wildman–Crippen LogP) is 1.70. The van der Waals surface area contributed by atoms with Gasteiger partial charge in [0.2, 0.25) is 5.91 Å². The first-order valence-corrected chi connectivity index (χ1v) is 7.66. The van der Waals surface area contributed by atoms with Gasteiger partial charge in [-0.1, -0.05) is 13.8 Å². The summed E-state index contributed by atoms with van der Waals surface area (Å²) < 4.78 is 5.41. The maximum Gasteiger partial charge on any atom is 0.221 e. The van der Waals surface area contributed by atoms with Crippen LogP contribution in [0.2, 0.25) is 0 Å². The van der Waals surface area contributed by atoms with E-state index in [1.807, 2.05) is 0 Å². The van der Waals surface area contributed by atoms with Crippen LogP contribution in [-0.2, 0) is 9.53 Å². The second-order valence-corrected chi connectivity index (χ2v) is 6.65. The first-order chi connectivity index (χ1) is 9.08. The smallest absolute Gasteiger partial charge is 0.221 e. The lowest BCUT2D eigenvalue weighted by atomic mass is 9.74. The van der Waals surface area contributed by atoms with Crippen LogP contribution < -0.4 is 10.6 Å². The molecule has 19 heavy (non-hydrogen) atoms. The first kappa shape index (κ1) is 14.8. The molecule has 2 aliphatic heterocycles. The molecule has 0 aromatic heterocycles. The molecular formula is C15H28N2O2. The highest BCUT2D eigenvalue weighted by atomic mass is 16.5. The number of hydrogen-bond donors (Lipinski definition) is 2. The van der Waals surface area contributed by atoms with E-state index in [9.17, 15) is 4.79 Å². The van der Waals surface area contributed by atoms with E-state index in [2.05, 4.69) is 24.5 Å². The minimum Gasteiger partial charge on any atom is -0.381 e. The number of nitrogens with one attached hydrogen (secondary N) is 2.